The van der Waals surface area contributed by atoms with Crippen molar-refractivity contribution < 1.29 is 9.53 Å². The summed E-state index contributed by atoms with van der Waals surface area (Å²) < 4.78 is 5.59. The topological polar surface area (TPSA) is 76.7 Å². The van der Waals surface area contributed by atoms with Crippen LogP contribution < -0.4 is 15.9 Å². The van der Waals surface area contributed by atoms with Gasteiger partial charge in [0.25, 0.3) is 5.91 Å². The van der Waals surface area contributed by atoms with Crippen molar-refractivity contribution in [2.24, 2.45) is 5.10 Å². The summed E-state index contributed by atoms with van der Waals surface area (Å²) in [6.45, 7) is 2.85. The van der Waals surface area contributed by atoms with Crippen LogP contribution in [0.25, 0.3) is 0 Å². The van der Waals surface area contributed by atoms with E-state index in [2.05, 4.69) is 17.5 Å². The third-order valence-corrected chi connectivity index (χ3v) is 3.18. The van der Waals surface area contributed by atoms with Gasteiger partial charge in [-0.05, 0) is 54.4 Å². The average molecular weight is 311 g/mol. The lowest BCUT2D eigenvalue weighted by molar-refractivity contribution is 0.0955. The van der Waals surface area contributed by atoms with Crippen molar-refractivity contribution in [3.63, 3.8) is 0 Å². The summed E-state index contributed by atoms with van der Waals surface area (Å²) in [5, 5.41) is 3.95. The normalized spacial score (nSPS) is 10.7. The molecule has 0 saturated carbocycles. The fraction of sp³-hybridized carbons (Fsp3) is 0.222. The van der Waals surface area contributed by atoms with E-state index in [9.17, 15) is 4.79 Å². The molecular formula is C18H21N3O2. The minimum absolute atomic E-state index is 0.298. The van der Waals surface area contributed by atoms with E-state index in [0.717, 1.165) is 30.8 Å². The minimum Gasteiger partial charge on any atom is -0.494 e. The van der Waals surface area contributed by atoms with Gasteiger partial charge in [-0.2, -0.15) is 5.10 Å². The number of hydrogen-bond donors (Lipinski definition) is 2. The molecule has 2 aromatic rings. The van der Waals surface area contributed by atoms with E-state index in [1.165, 1.54) is 0 Å². The zero-order valence-electron chi connectivity index (χ0n) is 13.2. The fourth-order valence-corrected chi connectivity index (χ4v) is 1.89. The molecule has 2 aromatic carbocycles. The summed E-state index contributed by atoms with van der Waals surface area (Å²) >= 11 is 0. The Morgan fingerprint density at radius 1 is 1.26 bits per heavy atom. The van der Waals surface area contributed by atoms with Crippen LogP contribution >= 0.6 is 0 Å². The Morgan fingerprint density at radius 3 is 2.74 bits per heavy atom. The highest BCUT2D eigenvalue weighted by atomic mass is 16.5. The number of unbranched alkanes of at least 4 members (excludes halogenated alkanes) is 1. The number of benzene rings is 2. The molecule has 5 heteroatoms. The van der Waals surface area contributed by atoms with E-state index in [0.29, 0.717) is 11.3 Å². The van der Waals surface area contributed by atoms with Gasteiger partial charge < -0.3 is 10.5 Å². The zero-order valence-corrected chi connectivity index (χ0v) is 13.2. The van der Waals surface area contributed by atoms with Crippen molar-refractivity contribution in [3.05, 3.63) is 59.7 Å². The number of nitrogens with zero attached hydrogens (tertiary/aromatic N) is 1. The van der Waals surface area contributed by atoms with E-state index < -0.39 is 0 Å². The molecule has 5 nitrogen and oxygen atoms in total. The summed E-state index contributed by atoms with van der Waals surface area (Å²) in [4.78, 5) is 11.9. The predicted molar refractivity (Wildman–Crippen MR) is 92.8 cm³/mol. The first-order valence-electron chi connectivity index (χ1n) is 7.61. The molecule has 0 spiro atoms. The van der Waals surface area contributed by atoms with E-state index >= 15 is 0 Å². The Hall–Kier alpha value is -2.82. The molecule has 0 unspecified atom stereocenters. The van der Waals surface area contributed by atoms with Gasteiger partial charge in [-0.1, -0.05) is 19.4 Å². The number of nitrogens with two attached hydrogens (primary N) is 1. The van der Waals surface area contributed by atoms with E-state index in [-0.39, 0.29) is 5.91 Å². The molecule has 0 radical (unpaired) electrons. The van der Waals surface area contributed by atoms with Crippen molar-refractivity contribution >= 4 is 17.8 Å². The molecule has 23 heavy (non-hydrogen) atoms. The maximum atomic E-state index is 11.9. The largest absolute Gasteiger partial charge is 0.494 e. The molecule has 0 aliphatic rings. The van der Waals surface area contributed by atoms with Crippen LogP contribution in [0.1, 0.15) is 35.7 Å². The summed E-state index contributed by atoms with van der Waals surface area (Å²) in [5.74, 6) is 0.535. The van der Waals surface area contributed by atoms with Gasteiger partial charge in [-0.25, -0.2) is 5.43 Å². The molecule has 0 fully saturated rings. The monoisotopic (exact) mass is 311 g/mol. The highest BCUT2D eigenvalue weighted by Crippen LogP contribution is 2.11. The SMILES string of the molecule is CCCCOc1ccc(/C=N\NC(=O)c2cccc(N)c2)cc1. The molecule has 0 saturated heterocycles. The van der Waals surface area contributed by atoms with E-state index in [1.807, 2.05) is 24.3 Å². The molecule has 0 bridgehead atoms. The Kier molecular flexibility index (Phi) is 6.17. The van der Waals surface area contributed by atoms with Gasteiger partial charge in [0.05, 0.1) is 12.8 Å². The molecule has 3 N–H and O–H groups in total. The van der Waals surface area contributed by atoms with Crippen LogP contribution in [0.5, 0.6) is 5.75 Å². The van der Waals surface area contributed by atoms with Crippen molar-refractivity contribution in [2.45, 2.75) is 19.8 Å². The molecule has 0 heterocycles. The number of hydrogen-bond acceptors (Lipinski definition) is 4. The second kappa shape index (κ2) is 8.58. The molecule has 120 valence electrons. The van der Waals surface area contributed by atoms with Crippen LogP contribution in [0.3, 0.4) is 0 Å². The molecule has 2 rings (SSSR count). The van der Waals surface area contributed by atoms with Gasteiger partial charge in [-0.3, -0.25) is 4.79 Å². The first-order valence-corrected chi connectivity index (χ1v) is 7.61. The highest BCUT2D eigenvalue weighted by molar-refractivity contribution is 5.95. The quantitative estimate of drug-likeness (QED) is 0.357. The number of nitrogens with one attached hydrogen (secondary N) is 1. The second-order valence-corrected chi connectivity index (χ2v) is 5.10. The Morgan fingerprint density at radius 2 is 2.04 bits per heavy atom. The second-order valence-electron chi connectivity index (χ2n) is 5.10. The van der Waals surface area contributed by atoms with Gasteiger partial charge >= 0.3 is 0 Å². The lowest BCUT2D eigenvalue weighted by Crippen LogP contribution is -2.17. The maximum Gasteiger partial charge on any atom is 0.271 e. The lowest BCUT2D eigenvalue weighted by Gasteiger charge is -2.05. The molecule has 0 atom stereocenters. The summed E-state index contributed by atoms with van der Waals surface area (Å²) in [5.41, 5.74) is 10.0. The smallest absolute Gasteiger partial charge is 0.271 e. The first-order chi connectivity index (χ1) is 11.2. The predicted octanol–water partition coefficient (Wildman–Crippen LogP) is 3.21. The summed E-state index contributed by atoms with van der Waals surface area (Å²) in [7, 11) is 0. The van der Waals surface area contributed by atoms with Crippen molar-refractivity contribution in [1.82, 2.24) is 5.43 Å². The molecule has 0 aliphatic heterocycles. The summed E-state index contributed by atoms with van der Waals surface area (Å²) in [6.07, 6.45) is 3.73. The number of ether oxygens (including phenoxy) is 1. The van der Waals surface area contributed by atoms with Crippen LogP contribution in [0.15, 0.2) is 53.6 Å². The lowest BCUT2D eigenvalue weighted by atomic mass is 10.2. The van der Waals surface area contributed by atoms with Crippen LogP contribution in [0.2, 0.25) is 0 Å². The van der Waals surface area contributed by atoms with Crippen molar-refractivity contribution in [2.75, 3.05) is 12.3 Å². The Labute approximate surface area is 136 Å². The van der Waals surface area contributed by atoms with Crippen molar-refractivity contribution in [1.29, 1.82) is 0 Å². The molecule has 1 amide bonds. The molecular weight excluding hydrogens is 290 g/mol. The van der Waals surface area contributed by atoms with E-state index in [4.69, 9.17) is 10.5 Å². The van der Waals surface area contributed by atoms with Gasteiger partial charge in [0.1, 0.15) is 5.75 Å². The van der Waals surface area contributed by atoms with E-state index in [1.54, 1.807) is 30.5 Å². The Balaban J connectivity index is 1.86. The fourth-order valence-electron chi connectivity index (χ4n) is 1.89. The molecule has 0 aromatic heterocycles. The average Bonchev–Trinajstić information content (AvgIpc) is 2.56. The molecule has 0 aliphatic carbocycles. The standard InChI is InChI=1S/C18H21N3O2/c1-2-3-11-23-17-9-7-14(8-10-17)13-20-21-18(22)15-5-4-6-16(19)12-15/h4-10,12-13H,2-3,11,19H2,1H3,(H,21,22)/b20-13-. The van der Waals surface area contributed by atoms with Gasteiger partial charge in [0, 0.05) is 11.3 Å². The van der Waals surface area contributed by atoms with Gasteiger partial charge in [0.2, 0.25) is 0 Å². The van der Waals surface area contributed by atoms with Crippen LogP contribution in [-0.2, 0) is 0 Å². The number of hydrazone groups is 1. The number of anilines is 1. The number of amides is 1. The summed E-state index contributed by atoms with van der Waals surface area (Å²) in [6, 6.07) is 14.3. The minimum atomic E-state index is -0.298. The van der Waals surface area contributed by atoms with Crippen LogP contribution in [0.4, 0.5) is 5.69 Å². The van der Waals surface area contributed by atoms with Crippen LogP contribution in [0, 0.1) is 0 Å². The van der Waals surface area contributed by atoms with Crippen LogP contribution in [-0.4, -0.2) is 18.7 Å². The number of rotatable bonds is 7. The zero-order chi connectivity index (χ0) is 16.5. The number of carbonyl (C=O) groups excluding carboxylic acids is 1. The third kappa shape index (κ3) is 5.47. The Bertz CT molecular complexity index is 666. The highest BCUT2D eigenvalue weighted by Gasteiger charge is 2.03. The number of carbonyl (C=O) groups is 1. The maximum absolute atomic E-state index is 11.9. The first kappa shape index (κ1) is 16.5. The van der Waals surface area contributed by atoms with Crippen molar-refractivity contribution in [3.8, 4) is 5.75 Å². The van der Waals surface area contributed by atoms with Gasteiger partial charge in [0.15, 0.2) is 0 Å². The van der Waals surface area contributed by atoms with Gasteiger partial charge in [-0.15, -0.1) is 0 Å². The number of nitrogen functional groups attached to an aromatic ring is 1. The third-order valence-electron chi connectivity index (χ3n) is 3.18.